The lowest BCUT2D eigenvalue weighted by Crippen LogP contribution is -2.17. The summed E-state index contributed by atoms with van der Waals surface area (Å²) < 4.78 is 30.0. The zero-order valence-electron chi connectivity index (χ0n) is 7.60. The van der Waals surface area contributed by atoms with Gasteiger partial charge in [0.15, 0.2) is 5.76 Å². The van der Waals surface area contributed by atoms with Gasteiger partial charge in [-0.3, -0.25) is 0 Å². The molecule has 0 fully saturated rings. The molecule has 0 aromatic carbocycles. The molecule has 1 heterocycles. The molecule has 0 amide bonds. The minimum absolute atomic E-state index is 0.307. The topological polar surface area (TPSA) is 59.0 Å². The van der Waals surface area contributed by atoms with Gasteiger partial charge in [0.05, 0.1) is 11.6 Å². The summed E-state index contributed by atoms with van der Waals surface area (Å²) in [5, 5.41) is 1.02. The first-order chi connectivity index (χ1) is 5.99. The predicted molar refractivity (Wildman–Crippen MR) is 50.0 cm³/mol. The second kappa shape index (κ2) is 3.89. The Morgan fingerprint density at radius 3 is 2.69 bits per heavy atom. The lowest BCUT2D eigenvalue weighted by atomic mass is 10.6. The molecule has 6 heteroatoms. The van der Waals surface area contributed by atoms with Crippen LogP contribution in [-0.2, 0) is 14.8 Å². The zero-order chi connectivity index (χ0) is 9.90. The number of rotatable bonds is 4. The molecule has 5 nitrogen and oxygen atoms in total. The molecule has 0 aromatic heterocycles. The number of allylic oxidation sites excluding steroid dienone is 1. The van der Waals surface area contributed by atoms with E-state index in [1.165, 1.54) is 6.21 Å². The van der Waals surface area contributed by atoms with E-state index < -0.39 is 10.0 Å². The highest BCUT2D eigenvalue weighted by Crippen LogP contribution is 2.08. The minimum Gasteiger partial charge on any atom is -0.490 e. The number of hydrogen-bond donors (Lipinski definition) is 0. The molecule has 0 atom stereocenters. The Hall–Kier alpha value is -0.880. The molecular formula is C7H12N2O3S. The highest BCUT2D eigenvalue weighted by atomic mass is 32.2. The molecule has 0 aromatic rings. The fourth-order valence-electron chi connectivity index (χ4n) is 0.750. The van der Waals surface area contributed by atoms with E-state index in [4.69, 9.17) is 4.74 Å². The third-order valence-corrected chi connectivity index (χ3v) is 2.33. The molecule has 1 aliphatic rings. The lowest BCUT2D eigenvalue weighted by Gasteiger charge is -2.09. The van der Waals surface area contributed by atoms with Crippen LogP contribution in [0.2, 0.25) is 0 Å². The second-order valence-electron chi connectivity index (χ2n) is 2.92. The summed E-state index contributed by atoms with van der Waals surface area (Å²) in [4.78, 5) is 1.95. The van der Waals surface area contributed by atoms with E-state index in [0.29, 0.717) is 12.4 Å². The van der Waals surface area contributed by atoms with Gasteiger partial charge in [-0.1, -0.05) is 0 Å². The van der Waals surface area contributed by atoms with Crippen LogP contribution in [-0.4, -0.2) is 46.8 Å². The molecule has 0 spiro atoms. The van der Waals surface area contributed by atoms with Crippen molar-refractivity contribution in [3.8, 4) is 0 Å². The number of sulfonamides is 1. The van der Waals surface area contributed by atoms with E-state index in [-0.39, 0.29) is 0 Å². The molecule has 0 radical (unpaired) electrons. The van der Waals surface area contributed by atoms with Crippen molar-refractivity contribution in [2.75, 3.05) is 27.2 Å². The van der Waals surface area contributed by atoms with Crippen molar-refractivity contribution in [1.82, 2.24) is 4.90 Å². The van der Waals surface area contributed by atoms with E-state index in [1.54, 1.807) is 0 Å². The Balaban J connectivity index is 2.37. The molecule has 0 bridgehead atoms. The van der Waals surface area contributed by atoms with Crippen LogP contribution in [0, 0.1) is 0 Å². The first kappa shape index (κ1) is 10.2. The average Bonchev–Trinajstić information content (AvgIpc) is 2.29. The highest BCUT2D eigenvalue weighted by Gasteiger charge is 2.13. The molecule has 0 N–H and O–H groups in total. The largest absolute Gasteiger partial charge is 0.490 e. The van der Waals surface area contributed by atoms with E-state index in [9.17, 15) is 8.42 Å². The maximum absolute atomic E-state index is 10.8. The number of nitrogens with zero attached hydrogens (tertiary/aromatic N) is 2. The molecule has 74 valence electrons. The SMILES string of the molecule is CN(C)CCOC1=CS(=O)(=O)N=C1. The maximum atomic E-state index is 10.8. The second-order valence-corrected chi connectivity index (χ2v) is 4.40. The summed E-state index contributed by atoms with van der Waals surface area (Å²) in [7, 11) is 0.450. The van der Waals surface area contributed by atoms with Crippen molar-refractivity contribution in [2.24, 2.45) is 4.40 Å². The van der Waals surface area contributed by atoms with Crippen molar-refractivity contribution in [3.63, 3.8) is 0 Å². The van der Waals surface area contributed by atoms with Crippen LogP contribution in [0.25, 0.3) is 0 Å². The normalized spacial score (nSPS) is 19.2. The van der Waals surface area contributed by atoms with Crippen molar-refractivity contribution < 1.29 is 13.2 Å². The lowest BCUT2D eigenvalue weighted by molar-refractivity contribution is 0.200. The van der Waals surface area contributed by atoms with Gasteiger partial charge in [-0.2, -0.15) is 12.8 Å². The summed E-state index contributed by atoms with van der Waals surface area (Å²) in [6, 6.07) is 0. The van der Waals surface area contributed by atoms with E-state index in [2.05, 4.69) is 4.40 Å². The summed E-state index contributed by atoms with van der Waals surface area (Å²) in [6.45, 7) is 1.20. The number of hydrogen-bond acceptors (Lipinski definition) is 4. The molecular weight excluding hydrogens is 192 g/mol. The highest BCUT2D eigenvalue weighted by molar-refractivity contribution is 7.93. The van der Waals surface area contributed by atoms with Gasteiger partial charge in [0, 0.05) is 6.54 Å². The van der Waals surface area contributed by atoms with E-state index in [1.807, 2.05) is 19.0 Å². The first-order valence-electron chi connectivity index (χ1n) is 3.79. The maximum Gasteiger partial charge on any atom is 0.279 e. The Kier molecular flexibility index (Phi) is 3.05. The zero-order valence-corrected chi connectivity index (χ0v) is 8.41. The minimum atomic E-state index is -3.38. The molecule has 1 aliphatic heterocycles. The summed E-state index contributed by atoms with van der Waals surface area (Å²) in [6.07, 6.45) is 1.21. The average molecular weight is 204 g/mol. The first-order valence-corrected chi connectivity index (χ1v) is 5.29. The van der Waals surface area contributed by atoms with Gasteiger partial charge in [-0.05, 0) is 14.1 Å². The van der Waals surface area contributed by atoms with Crippen LogP contribution < -0.4 is 0 Å². The Bertz CT molecular complexity index is 330. The number of ether oxygens (including phenoxy) is 1. The molecule has 0 saturated heterocycles. The van der Waals surface area contributed by atoms with Crippen molar-refractivity contribution in [2.45, 2.75) is 0 Å². The Morgan fingerprint density at radius 1 is 1.54 bits per heavy atom. The third kappa shape index (κ3) is 3.56. The van der Waals surface area contributed by atoms with Crippen LogP contribution in [0.5, 0.6) is 0 Å². The van der Waals surface area contributed by atoms with Crippen molar-refractivity contribution in [3.05, 3.63) is 11.2 Å². The van der Waals surface area contributed by atoms with Gasteiger partial charge >= 0.3 is 0 Å². The van der Waals surface area contributed by atoms with Crippen LogP contribution in [0.1, 0.15) is 0 Å². The summed E-state index contributed by atoms with van der Waals surface area (Å²) in [5.41, 5.74) is 0. The van der Waals surface area contributed by atoms with E-state index in [0.717, 1.165) is 12.0 Å². The molecule has 0 unspecified atom stereocenters. The molecule has 1 rings (SSSR count). The van der Waals surface area contributed by atoms with Gasteiger partial charge in [0.25, 0.3) is 10.0 Å². The van der Waals surface area contributed by atoms with Crippen molar-refractivity contribution in [1.29, 1.82) is 0 Å². The Labute approximate surface area is 77.8 Å². The molecule has 0 aliphatic carbocycles. The monoisotopic (exact) mass is 204 g/mol. The van der Waals surface area contributed by atoms with Gasteiger partial charge in [0.1, 0.15) is 6.61 Å². The quantitative estimate of drug-likeness (QED) is 0.637. The Morgan fingerprint density at radius 2 is 2.23 bits per heavy atom. The fraction of sp³-hybridized carbons (Fsp3) is 0.571. The predicted octanol–water partition coefficient (Wildman–Crippen LogP) is -0.180. The molecule has 13 heavy (non-hydrogen) atoms. The smallest absolute Gasteiger partial charge is 0.279 e. The van der Waals surface area contributed by atoms with Gasteiger partial charge in [0.2, 0.25) is 0 Å². The number of likely N-dealkylation sites (N-methyl/N-ethyl adjacent to an activating group) is 1. The van der Waals surface area contributed by atoms with E-state index >= 15 is 0 Å². The van der Waals surface area contributed by atoms with Gasteiger partial charge in [-0.15, -0.1) is 0 Å². The van der Waals surface area contributed by atoms with Crippen LogP contribution in [0.15, 0.2) is 15.6 Å². The summed E-state index contributed by atoms with van der Waals surface area (Å²) in [5.74, 6) is 0.307. The summed E-state index contributed by atoms with van der Waals surface area (Å²) >= 11 is 0. The molecule has 0 saturated carbocycles. The van der Waals surface area contributed by atoms with Crippen LogP contribution in [0.4, 0.5) is 0 Å². The van der Waals surface area contributed by atoms with Gasteiger partial charge in [-0.25, -0.2) is 0 Å². The van der Waals surface area contributed by atoms with Crippen LogP contribution >= 0.6 is 0 Å². The standard InChI is InChI=1S/C7H12N2O3S/c1-9(2)3-4-12-7-5-8-13(10,11)6-7/h5-6H,3-4H2,1-2H3. The van der Waals surface area contributed by atoms with Gasteiger partial charge < -0.3 is 9.64 Å². The van der Waals surface area contributed by atoms with Crippen molar-refractivity contribution >= 4 is 16.2 Å². The van der Waals surface area contributed by atoms with Crippen LogP contribution in [0.3, 0.4) is 0 Å². The fourth-order valence-corrected chi connectivity index (χ4v) is 1.48. The third-order valence-electron chi connectivity index (χ3n) is 1.40.